The van der Waals surface area contributed by atoms with Crippen LogP contribution in [-0.4, -0.2) is 32.9 Å². The summed E-state index contributed by atoms with van der Waals surface area (Å²) in [4.78, 5) is 29.2. The van der Waals surface area contributed by atoms with E-state index in [1.165, 1.54) is 18.6 Å². The Kier molecular flexibility index (Phi) is 5.98. The molecule has 0 radical (unpaired) electrons. The van der Waals surface area contributed by atoms with Gasteiger partial charge in [0.2, 0.25) is 5.91 Å². The van der Waals surface area contributed by atoms with Crippen LogP contribution in [0.2, 0.25) is 0 Å². The highest BCUT2D eigenvalue weighted by molar-refractivity contribution is 6.00. The molecule has 2 aromatic carbocycles. The van der Waals surface area contributed by atoms with Crippen LogP contribution in [0.3, 0.4) is 0 Å². The summed E-state index contributed by atoms with van der Waals surface area (Å²) < 4.78 is 15.9. The van der Waals surface area contributed by atoms with Crippen molar-refractivity contribution in [3.05, 3.63) is 83.8 Å². The predicted molar refractivity (Wildman–Crippen MR) is 130 cm³/mol. The molecule has 2 amide bonds. The van der Waals surface area contributed by atoms with E-state index in [4.69, 9.17) is 0 Å². The van der Waals surface area contributed by atoms with Gasteiger partial charge in [0.15, 0.2) is 0 Å². The highest BCUT2D eigenvalue weighted by Crippen LogP contribution is 2.34. The Morgan fingerprint density at radius 2 is 1.74 bits per heavy atom. The number of aromatic nitrogens is 1. The molecular weight excluding hydrogens is 429 g/mol. The fourth-order valence-electron chi connectivity index (χ4n) is 5.29. The van der Waals surface area contributed by atoms with Crippen molar-refractivity contribution in [1.82, 2.24) is 14.8 Å². The van der Waals surface area contributed by atoms with Crippen LogP contribution in [0, 0.1) is 5.82 Å². The molecule has 0 bridgehead atoms. The molecule has 3 aromatic rings. The van der Waals surface area contributed by atoms with Crippen molar-refractivity contribution in [2.75, 3.05) is 0 Å². The summed E-state index contributed by atoms with van der Waals surface area (Å²) in [6.07, 6.45) is 5.33. The zero-order valence-electron chi connectivity index (χ0n) is 19.5. The third-order valence-electron chi connectivity index (χ3n) is 7.24. The van der Waals surface area contributed by atoms with Gasteiger partial charge < -0.3 is 14.8 Å². The largest absolute Gasteiger partial charge is 0.351 e. The summed E-state index contributed by atoms with van der Waals surface area (Å²) in [6.45, 7) is 2.33. The average molecular weight is 460 g/mol. The Bertz CT molecular complexity index is 1200. The van der Waals surface area contributed by atoms with Gasteiger partial charge in [0, 0.05) is 18.3 Å². The minimum atomic E-state index is -1.11. The van der Waals surface area contributed by atoms with Gasteiger partial charge in [-0.25, -0.2) is 4.39 Å². The molecule has 176 valence electrons. The first-order valence-electron chi connectivity index (χ1n) is 12.1. The van der Waals surface area contributed by atoms with Crippen LogP contribution in [0.25, 0.3) is 11.3 Å². The van der Waals surface area contributed by atoms with Gasteiger partial charge in [-0.1, -0.05) is 61.7 Å². The number of carbonyl (C=O) groups is 2. The smallest absolute Gasteiger partial charge is 0.271 e. The molecule has 34 heavy (non-hydrogen) atoms. The third kappa shape index (κ3) is 4.13. The topological polar surface area (TPSA) is 54.3 Å². The third-order valence-corrected chi connectivity index (χ3v) is 7.24. The number of amides is 2. The van der Waals surface area contributed by atoms with Crippen molar-refractivity contribution in [2.45, 2.75) is 63.7 Å². The van der Waals surface area contributed by atoms with Crippen LogP contribution in [0.4, 0.5) is 4.39 Å². The molecule has 1 aromatic heterocycles. The molecule has 1 atom stereocenters. The summed E-state index contributed by atoms with van der Waals surface area (Å²) >= 11 is 0. The Balaban J connectivity index is 1.54. The van der Waals surface area contributed by atoms with E-state index < -0.39 is 5.54 Å². The van der Waals surface area contributed by atoms with Crippen molar-refractivity contribution in [3.8, 4) is 11.3 Å². The normalized spacial score (nSPS) is 20.8. The Labute approximate surface area is 199 Å². The summed E-state index contributed by atoms with van der Waals surface area (Å²) in [6, 6.07) is 20.0. The first-order valence-corrected chi connectivity index (χ1v) is 12.1. The van der Waals surface area contributed by atoms with Crippen molar-refractivity contribution in [1.29, 1.82) is 0 Å². The lowest BCUT2D eigenvalue weighted by molar-refractivity contribution is -0.134. The van der Waals surface area contributed by atoms with Crippen LogP contribution in [0.15, 0.2) is 66.7 Å². The fourth-order valence-corrected chi connectivity index (χ4v) is 5.29. The molecule has 1 fully saturated rings. The maximum absolute atomic E-state index is 13.9. The number of hydrogen-bond acceptors (Lipinski definition) is 2. The number of carbonyl (C=O) groups excluding carboxylic acids is 2. The van der Waals surface area contributed by atoms with Gasteiger partial charge in [0.05, 0.1) is 6.54 Å². The number of rotatable bonds is 5. The summed E-state index contributed by atoms with van der Waals surface area (Å²) in [5.74, 6) is -0.730. The van der Waals surface area contributed by atoms with Gasteiger partial charge in [-0.3, -0.25) is 9.59 Å². The quantitative estimate of drug-likeness (QED) is 0.573. The average Bonchev–Trinajstić information content (AvgIpc) is 3.26. The van der Waals surface area contributed by atoms with Gasteiger partial charge in [-0.2, -0.15) is 0 Å². The molecule has 1 aliphatic carbocycles. The van der Waals surface area contributed by atoms with E-state index in [2.05, 4.69) is 5.32 Å². The van der Waals surface area contributed by atoms with Gasteiger partial charge in [-0.05, 0) is 55.2 Å². The van der Waals surface area contributed by atoms with Gasteiger partial charge in [-0.15, -0.1) is 0 Å². The standard InChI is InChI=1S/C28H30FN3O2/c1-28(27(34)30-23-13-6-3-7-14-23)19-31-24(21-10-4-2-5-11-21)15-16-25(31)26(33)32(28)18-20-9-8-12-22(29)17-20/h2,4-5,8-12,15-17,23H,3,6-7,13-14,18-19H2,1H3,(H,30,34). The summed E-state index contributed by atoms with van der Waals surface area (Å²) in [7, 11) is 0. The minimum Gasteiger partial charge on any atom is -0.351 e. The molecule has 1 N–H and O–H groups in total. The highest BCUT2D eigenvalue weighted by Gasteiger charge is 2.48. The van der Waals surface area contributed by atoms with Gasteiger partial charge >= 0.3 is 0 Å². The first kappa shape index (κ1) is 22.4. The second-order valence-corrected chi connectivity index (χ2v) is 9.66. The summed E-state index contributed by atoms with van der Waals surface area (Å²) in [5, 5.41) is 3.24. The molecule has 1 aliphatic heterocycles. The Morgan fingerprint density at radius 3 is 2.47 bits per heavy atom. The number of halogens is 1. The zero-order valence-corrected chi connectivity index (χ0v) is 19.5. The Morgan fingerprint density at radius 1 is 1.00 bits per heavy atom. The van der Waals surface area contributed by atoms with Gasteiger partial charge in [0.1, 0.15) is 17.1 Å². The van der Waals surface area contributed by atoms with Crippen molar-refractivity contribution in [2.24, 2.45) is 0 Å². The van der Waals surface area contributed by atoms with Crippen LogP contribution in [0.1, 0.15) is 55.1 Å². The van der Waals surface area contributed by atoms with Crippen LogP contribution in [0.5, 0.6) is 0 Å². The van der Waals surface area contributed by atoms with E-state index in [9.17, 15) is 14.0 Å². The number of hydrogen-bond donors (Lipinski definition) is 1. The molecule has 1 unspecified atom stereocenters. The summed E-state index contributed by atoms with van der Waals surface area (Å²) in [5.41, 5.74) is 1.99. The van der Waals surface area contributed by atoms with Crippen molar-refractivity contribution < 1.29 is 14.0 Å². The molecule has 6 heteroatoms. The van der Waals surface area contributed by atoms with E-state index in [-0.39, 0.29) is 30.2 Å². The van der Waals surface area contributed by atoms with E-state index in [0.29, 0.717) is 17.8 Å². The fraction of sp³-hybridized carbons (Fsp3) is 0.357. The molecule has 2 aliphatic rings. The minimum absolute atomic E-state index is 0.129. The lowest BCUT2D eigenvalue weighted by atomic mass is 9.91. The van der Waals surface area contributed by atoms with Crippen molar-refractivity contribution >= 4 is 11.8 Å². The molecular formula is C28H30FN3O2. The molecule has 0 spiro atoms. The molecule has 5 nitrogen and oxygen atoms in total. The van der Waals surface area contributed by atoms with Gasteiger partial charge in [0.25, 0.3) is 5.91 Å². The molecule has 0 saturated heterocycles. The van der Waals surface area contributed by atoms with E-state index in [1.54, 1.807) is 17.0 Å². The van der Waals surface area contributed by atoms with E-state index >= 15 is 0 Å². The van der Waals surface area contributed by atoms with Crippen LogP contribution in [-0.2, 0) is 17.9 Å². The lowest BCUT2D eigenvalue weighted by Gasteiger charge is -2.45. The first-order chi connectivity index (χ1) is 16.5. The number of benzene rings is 2. The lowest BCUT2D eigenvalue weighted by Crippen LogP contribution is -2.64. The second-order valence-electron chi connectivity index (χ2n) is 9.66. The highest BCUT2D eigenvalue weighted by atomic mass is 19.1. The Hall–Kier alpha value is -3.41. The molecule has 2 heterocycles. The number of fused-ring (bicyclic) bond motifs is 1. The van der Waals surface area contributed by atoms with E-state index in [0.717, 1.165) is 36.9 Å². The predicted octanol–water partition coefficient (Wildman–Crippen LogP) is 5.16. The van der Waals surface area contributed by atoms with E-state index in [1.807, 2.05) is 54.0 Å². The monoisotopic (exact) mass is 459 g/mol. The molecule has 5 rings (SSSR count). The van der Waals surface area contributed by atoms with Crippen LogP contribution >= 0.6 is 0 Å². The number of nitrogens with one attached hydrogen (secondary N) is 1. The maximum atomic E-state index is 13.9. The van der Waals surface area contributed by atoms with Crippen LogP contribution < -0.4 is 5.32 Å². The van der Waals surface area contributed by atoms with Crippen molar-refractivity contribution in [3.63, 3.8) is 0 Å². The number of nitrogens with zero attached hydrogens (tertiary/aromatic N) is 2. The molecule has 1 saturated carbocycles. The zero-order chi connectivity index (χ0) is 23.7. The maximum Gasteiger partial charge on any atom is 0.271 e. The second kappa shape index (κ2) is 9.09. The SMILES string of the molecule is CC1(C(=O)NC2CCCCC2)Cn2c(ccc2-c2ccccc2)C(=O)N1Cc1cccc(F)c1.